The Morgan fingerprint density at radius 1 is 1.32 bits per heavy atom. The van der Waals surface area contributed by atoms with Crippen molar-refractivity contribution in [2.45, 2.75) is 24.0 Å². The molecule has 2 N–H and O–H groups in total. The van der Waals surface area contributed by atoms with Gasteiger partial charge in [-0.15, -0.1) is 0 Å². The summed E-state index contributed by atoms with van der Waals surface area (Å²) in [7, 11) is -4.59. The molecule has 0 amide bonds. The highest BCUT2D eigenvalue weighted by Gasteiger charge is 2.30. The van der Waals surface area contributed by atoms with Crippen molar-refractivity contribution < 1.29 is 17.2 Å². The zero-order chi connectivity index (χ0) is 14.5. The fourth-order valence-corrected chi connectivity index (χ4v) is 2.73. The van der Waals surface area contributed by atoms with E-state index in [1.165, 1.54) is 18.2 Å². The van der Waals surface area contributed by atoms with Gasteiger partial charge in [0.05, 0.1) is 10.6 Å². The maximum Gasteiger partial charge on any atom is 0.341 e. The molecule has 1 rings (SSSR count). The quantitative estimate of drug-likeness (QED) is 0.833. The molecule has 0 aliphatic heterocycles. The Morgan fingerprint density at radius 3 is 2.47 bits per heavy atom. The Morgan fingerprint density at radius 2 is 1.95 bits per heavy atom. The highest BCUT2D eigenvalue weighted by atomic mass is 32.2. The molecule has 0 aliphatic rings. The SMILES string of the molecule is CCN(CCCN)c1ccccc1S(=O)(=O)C(F)F. The summed E-state index contributed by atoms with van der Waals surface area (Å²) in [5.41, 5.74) is 5.72. The van der Waals surface area contributed by atoms with E-state index in [0.29, 0.717) is 31.7 Å². The van der Waals surface area contributed by atoms with Crippen LogP contribution in [0.15, 0.2) is 29.2 Å². The highest BCUT2D eigenvalue weighted by molar-refractivity contribution is 7.91. The molecule has 1 aromatic carbocycles. The number of alkyl halides is 2. The molecule has 7 heteroatoms. The Kier molecular flexibility index (Phi) is 5.68. The van der Waals surface area contributed by atoms with Gasteiger partial charge in [-0.3, -0.25) is 0 Å². The van der Waals surface area contributed by atoms with Crippen LogP contribution in [-0.4, -0.2) is 33.8 Å². The maximum absolute atomic E-state index is 12.7. The van der Waals surface area contributed by atoms with Gasteiger partial charge in [0.25, 0.3) is 0 Å². The molecular formula is C12H18F2N2O2S. The molecule has 4 nitrogen and oxygen atoms in total. The lowest BCUT2D eigenvalue weighted by Gasteiger charge is -2.25. The van der Waals surface area contributed by atoms with Crippen molar-refractivity contribution in [1.82, 2.24) is 0 Å². The summed E-state index contributed by atoms with van der Waals surface area (Å²) in [5.74, 6) is -3.41. The van der Waals surface area contributed by atoms with Crippen LogP contribution < -0.4 is 10.6 Å². The second-order valence-electron chi connectivity index (χ2n) is 4.00. The lowest BCUT2D eigenvalue weighted by molar-refractivity contribution is 0.235. The molecule has 0 aromatic heterocycles. The monoisotopic (exact) mass is 292 g/mol. The van der Waals surface area contributed by atoms with Crippen LogP contribution in [-0.2, 0) is 9.84 Å². The summed E-state index contributed by atoms with van der Waals surface area (Å²) >= 11 is 0. The van der Waals surface area contributed by atoms with E-state index in [1.54, 1.807) is 11.0 Å². The van der Waals surface area contributed by atoms with Crippen molar-refractivity contribution in [3.63, 3.8) is 0 Å². The summed E-state index contributed by atoms with van der Waals surface area (Å²) in [6.45, 7) is 3.35. The molecule has 108 valence electrons. The number of hydrogen-bond acceptors (Lipinski definition) is 4. The Labute approximate surface area is 112 Å². The molecule has 0 bridgehead atoms. The molecule has 0 unspecified atom stereocenters. The molecule has 0 spiro atoms. The summed E-state index contributed by atoms with van der Waals surface area (Å²) in [4.78, 5) is 1.41. The second kappa shape index (κ2) is 6.81. The molecule has 1 aromatic rings. The maximum atomic E-state index is 12.7. The number of benzene rings is 1. The average molecular weight is 292 g/mol. The van der Waals surface area contributed by atoms with Crippen LogP contribution in [0.2, 0.25) is 0 Å². The number of para-hydroxylation sites is 1. The molecule has 19 heavy (non-hydrogen) atoms. The van der Waals surface area contributed by atoms with E-state index < -0.39 is 15.6 Å². The summed E-state index contributed by atoms with van der Waals surface area (Å²) in [6, 6.07) is 5.82. The molecule has 0 saturated carbocycles. The highest BCUT2D eigenvalue weighted by Crippen LogP contribution is 2.29. The van der Waals surface area contributed by atoms with Crippen LogP contribution in [0.3, 0.4) is 0 Å². The lowest BCUT2D eigenvalue weighted by atomic mass is 10.2. The molecule has 0 radical (unpaired) electrons. The van der Waals surface area contributed by atoms with E-state index in [2.05, 4.69) is 0 Å². The van der Waals surface area contributed by atoms with Gasteiger partial charge in [-0.2, -0.15) is 8.78 Å². The smallest absolute Gasteiger partial charge is 0.341 e. The number of rotatable bonds is 7. The third-order valence-corrected chi connectivity index (χ3v) is 4.19. The van der Waals surface area contributed by atoms with Crippen LogP contribution in [0.1, 0.15) is 13.3 Å². The van der Waals surface area contributed by atoms with Crippen molar-refractivity contribution in [2.24, 2.45) is 5.73 Å². The van der Waals surface area contributed by atoms with E-state index in [-0.39, 0.29) is 4.90 Å². The number of sulfone groups is 1. The van der Waals surface area contributed by atoms with E-state index in [4.69, 9.17) is 5.73 Å². The first kappa shape index (κ1) is 15.8. The third kappa shape index (κ3) is 3.63. The minimum atomic E-state index is -4.59. The van der Waals surface area contributed by atoms with Crippen LogP contribution in [0, 0.1) is 0 Å². The van der Waals surface area contributed by atoms with E-state index in [0.717, 1.165) is 0 Å². The van der Waals surface area contributed by atoms with Crippen LogP contribution in [0.5, 0.6) is 0 Å². The van der Waals surface area contributed by atoms with Gasteiger partial charge in [-0.25, -0.2) is 8.42 Å². The van der Waals surface area contributed by atoms with Crippen molar-refractivity contribution in [3.05, 3.63) is 24.3 Å². The lowest BCUT2D eigenvalue weighted by Crippen LogP contribution is -2.28. The van der Waals surface area contributed by atoms with Crippen LogP contribution >= 0.6 is 0 Å². The number of halogens is 2. The fraction of sp³-hybridized carbons (Fsp3) is 0.500. The van der Waals surface area contributed by atoms with Crippen molar-refractivity contribution in [2.75, 3.05) is 24.5 Å². The first-order valence-corrected chi connectivity index (χ1v) is 7.55. The van der Waals surface area contributed by atoms with E-state index in [1.807, 2.05) is 6.92 Å². The molecular weight excluding hydrogens is 274 g/mol. The van der Waals surface area contributed by atoms with E-state index >= 15 is 0 Å². The normalized spacial score (nSPS) is 11.8. The number of nitrogens with two attached hydrogens (primary N) is 1. The number of nitrogens with zero attached hydrogens (tertiary/aromatic N) is 1. The Balaban J connectivity index is 3.21. The molecule has 0 heterocycles. The zero-order valence-electron chi connectivity index (χ0n) is 10.7. The second-order valence-corrected chi connectivity index (χ2v) is 5.88. The first-order valence-electron chi connectivity index (χ1n) is 6.01. The number of anilines is 1. The minimum Gasteiger partial charge on any atom is -0.371 e. The van der Waals surface area contributed by atoms with Crippen LogP contribution in [0.25, 0.3) is 0 Å². The van der Waals surface area contributed by atoms with E-state index in [9.17, 15) is 17.2 Å². The van der Waals surface area contributed by atoms with Gasteiger partial charge >= 0.3 is 5.76 Å². The largest absolute Gasteiger partial charge is 0.371 e. The Hall–Kier alpha value is -1.21. The third-order valence-electron chi connectivity index (χ3n) is 2.76. The van der Waals surface area contributed by atoms with Gasteiger partial charge in [0.1, 0.15) is 0 Å². The van der Waals surface area contributed by atoms with Gasteiger partial charge < -0.3 is 10.6 Å². The van der Waals surface area contributed by atoms with Crippen molar-refractivity contribution in [1.29, 1.82) is 0 Å². The summed E-state index contributed by atoms with van der Waals surface area (Å²) < 4.78 is 48.6. The topological polar surface area (TPSA) is 63.4 Å². The van der Waals surface area contributed by atoms with Gasteiger partial charge in [0, 0.05) is 13.1 Å². The van der Waals surface area contributed by atoms with Crippen LogP contribution in [0.4, 0.5) is 14.5 Å². The molecule has 0 saturated heterocycles. The van der Waals surface area contributed by atoms with Gasteiger partial charge in [0.15, 0.2) is 0 Å². The van der Waals surface area contributed by atoms with Crippen molar-refractivity contribution in [3.8, 4) is 0 Å². The minimum absolute atomic E-state index is 0.304. The predicted molar refractivity (Wildman–Crippen MR) is 71.2 cm³/mol. The number of hydrogen-bond donors (Lipinski definition) is 1. The Bertz CT molecular complexity index is 506. The predicted octanol–water partition coefficient (Wildman–Crippen LogP) is 1.86. The first-order chi connectivity index (χ1) is 8.95. The summed E-state index contributed by atoms with van der Waals surface area (Å²) in [6.07, 6.45) is 0.664. The zero-order valence-corrected chi connectivity index (χ0v) is 11.5. The standard InChI is InChI=1S/C12H18F2N2O2S/c1-2-16(9-5-8-15)10-6-3-4-7-11(10)19(17,18)12(13)14/h3-4,6-7,12H,2,5,8-9,15H2,1H3. The molecule has 0 aliphatic carbocycles. The van der Waals surface area contributed by atoms with Gasteiger partial charge in [-0.05, 0) is 32.0 Å². The van der Waals surface area contributed by atoms with Gasteiger partial charge in [-0.1, -0.05) is 12.1 Å². The molecule has 0 atom stereocenters. The van der Waals surface area contributed by atoms with Crippen molar-refractivity contribution >= 4 is 15.5 Å². The molecule has 0 fully saturated rings. The van der Waals surface area contributed by atoms with Gasteiger partial charge in [0.2, 0.25) is 9.84 Å². The fourth-order valence-electron chi connectivity index (χ4n) is 1.79. The summed E-state index contributed by atoms with van der Waals surface area (Å²) in [5, 5.41) is 0. The average Bonchev–Trinajstić information content (AvgIpc) is 2.40.